The molecule has 0 saturated carbocycles. The molecule has 1 saturated heterocycles. The number of methoxy groups -OCH3 is 1. The van der Waals surface area contributed by atoms with Crippen LogP contribution in [0, 0.1) is 0 Å². The molecule has 1 aliphatic heterocycles. The Morgan fingerprint density at radius 3 is 2.71 bits per heavy atom. The van der Waals surface area contributed by atoms with Crippen molar-refractivity contribution in [3.63, 3.8) is 0 Å². The van der Waals surface area contributed by atoms with Crippen LogP contribution in [-0.2, 0) is 20.9 Å². The van der Waals surface area contributed by atoms with Crippen molar-refractivity contribution in [2.75, 3.05) is 32.2 Å². The van der Waals surface area contributed by atoms with E-state index in [-0.39, 0.29) is 18.4 Å². The van der Waals surface area contributed by atoms with Gasteiger partial charge in [0.1, 0.15) is 12.2 Å². The van der Waals surface area contributed by atoms with E-state index >= 15 is 0 Å². The monoisotopic (exact) mass is 540 g/mol. The SMILES string of the molecule is COCCCNC(=O)Cn1cc(/C=C2/C(=O)N(c3ccccc3)C(=S)N2C)c2cc(Br)ccc21. The molecule has 1 aliphatic rings. The number of amides is 2. The lowest BCUT2D eigenvalue weighted by Crippen LogP contribution is -2.30. The molecule has 4 rings (SSSR count). The maximum atomic E-state index is 13.3. The van der Waals surface area contributed by atoms with Gasteiger partial charge in [-0.2, -0.15) is 0 Å². The number of nitrogens with zero attached hydrogens (tertiary/aromatic N) is 3. The third-order valence-electron chi connectivity index (χ3n) is 5.60. The van der Waals surface area contributed by atoms with Gasteiger partial charge < -0.3 is 19.5 Å². The van der Waals surface area contributed by atoms with Gasteiger partial charge in [0, 0.05) is 54.4 Å². The summed E-state index contributed by atoms with van der Waals surface area (Å²) in [5, 5.41) is 4.27. The highest BCUT2D eigenvalue weighted by Gasteiger charge is 2.36. The van der Waals surface area contributed by atoms with E-state index in [2.05, 4.69) is 21.2 Å². The first kappa shape index (κ1) is 24.1. The number of likely N-dealkylation sites (N-methyl/N-ethyl adjacent to an activating group) is 1. The fourth-order valence-corrected chi connectivity index (χ4v) is 4.55. The van der Waals surface area contributed by atoms with E-state index in [0.29, 0.717) is 24.0 Å². The standard InChI is InChI=1S/C25H25BrN4O3S/c1-28-22(24(32)30(25(28)34)19-7-4-3-5-8-19)13-17-15-29(16-23(31)27-11-6-12-33-2)21-10-9-18(26)14-20(17)21/h3-5,7-10,13-15H,6,11-12,16H2,1-2H3,(H,27,31)/b22-13-. The average molecular weight is 541 g/mol. The molecule has 34 heavy (non-hydrogen) atoms. The predicted molar refractivity (Wildman–Crippen MR) is 141 cm³/mol. The number of carbonyl (C=O) groups is 2. The fraction of sp³-hybridized carbons (Fsp3) is 0.240. The number of hydrogen-bond donors (Lipinski definition) is 1. The van der Waals surface area contributed by atoms with Crippen molar-refractivity contribution in [1.29, 1.82) is 0 Å². The van der Waals surface area contributed by atoms with Gasteiger partial charge >= 0.3 is 0 Å². The molecular formula is C25H25BrN4O3S. The van der Waals surface area contributed by atoms with Gasteiger partial charge in [-0.1, -0.05) is 34.1 Å². The van der Waals surface area contributed by atoms with Gasteiger partial charge in [0.15, 0.2) is 5.11 Å². The molecule has 2 heterocycles. The van der Waals surface area contributed by atoms with E-state index in [1.165, 1.54) is 4.90 Å². The summed E-state index contributed by atoms with van der Waals surface area (Å²) in [6, 6.07) is 15.2. The molecule has 3 aromatic rings. The van der Waals surface area contributed by atoms with Crippen LogP contribution in [0.15, 0.2) is 64.9 Å². The minimum Gasteiger partial charge on any atom is -0.385 e. The van der Waals surface area contributed by atoms with E-state index in [1.54, 1.807) is 19.1 Å². The van der Waals surface area contributed by atoms with Gasteiger partial charge in [0.05, 0.1) is 5.69 Å². The Morgan fingerprint density at radius 2 is 1.97 bits per heavy atom. The Morgan fingerprint density at radius 1 is 1.21 bits per heavy atom. The smallest absolute Gasteiger partial charge is 0.281 e. The fourth-order valence-electron chi connectivity index (χ4n) is 3.91. The van der Waals surface area contributed by atoms with Gasteiger partial charge in [0.25, 0.3) is 5.91 Å². The number of hydrogen-bond acceptors (Lipinski definition) is 4. The number of rotatable bonds is 8. The Balaban J connectivity index is 1.66. The number of aromatic nitrogens is 1. The number of para-hydroxylation sites is 1. The van der Waals surface area contributed by atoms with Crippen LogP contribution in [0.1, 0.15) is 12.0 Å². The highest BCUT2D eigenvalue weighted by atomic mass is 79.9. The molecule has 1 N–H and O–H groups in total. The quantitative estimate of drug-likeness (QED) is 0.264. The molecule has 176 valence electrons. The van der Waals surface area contributed by atoms with Crippen LogP contribution in [0.2, 0.25) is 0 Å². The molecule has 0 bridgehead atoms. The zero-order valence-corrected chi connectivity index (χ0v) is 21.4. The summed E-state index contributed by atoms with van der Waals surface area (Å²) in [5.74, 6) is -0.272. The van der Waals surface area contributed by atoms with Gasteiger partial charge in [-0.15, -0.1) is 0 Å². The normalized spacial score (nSPS) is 15.1. The average Bonchev–Trinajstić information content (AvgIpc) is 3.26. The lowest BCUT2D eigenvalue weighted by Gasteiger charge is -2.16. The highest BCUT2D eigenvalue weighted by molar-refractivity contribution is 9.10. The minimum absolute atomic E-state index is 0.0828. The second-order valence-corrected chi connectivity index (χ2v) is 9.20. The molecule has 7 nitrogen and oxygen atoms in total. The van der Waals surface area contributed by atoms with E-state index in [0.717, 1.165) is 33.0 Å². The summed E-state index contributed by atoms with van der Waals surface area (Å²) in [6.45, 7) is 1.33. The van der Waals surface area contributed by atoms with Crippen molar-refractivity contribution in [2.45, 2.75) is 13.0 Å². The summed E-state index contributed by atoms with van der Waals surface area (Å²) in [6.07, 6.45) is 4.48. The second kappa shape index (κ2) is 10.5. The van der Waals surface area contributed by atoms with Gasteiger partial charge in [-0.3, -0.25) is 14.5 Å². The van der Waals surface area contributed by atoms with Crippen LogP contribution in [0.25, 0.3) is 17.0 Å². The summed E-state index contributed by atoms with van der Waals surface area (Å²) in [5.41, 5.74) is 2.93. The Bertz CT molecular complexity index is 1270. The van der Waals surface area contributed by atoms with Crippen LogP contribution in [-0.4, -0.2) is 53.7 Å². The first-order valence-corrected chi connectivity index (χ1v) is 12.0. The van der Waals surface area contributed by atoms with Gasteiger partial charge in [-0.25, -0.2) is 0 Å². The largest absolute Gasteiger partial charge is 0.385 e. The molecule has 0 radical (unpaired) electrons. The first-order valence-electron chi connectivity index (χ1n) is 10.8. The molecular weight excluding hydrogens is 516 g/mol. The summed E-state index contributed by atoms with van der Waals surface area (Å²) in [4.78, 5) is 29.1. The lowest BCUT2D eigenvalue weighted by molar-refractivity contribution is -0.121. The molecule has 1 fully saturated rings. The number of nitrogens with one attached hydrogen (secondary N) is 1. The predicted octanol–water partition coefficient (Wildman–Crippen LogP) is 4.16. The van der Waals surface area contributed by atoms with Crippen LogP contribution in [0.4, 0.5) is 5.69 Å². The molecule has 0 unspecified atom stereocenters. The molecule has 9 heteroatoms. The molecule has 0 spiro atoms. The first-order chi connectivity index (χ1) is 16.4. The van der Waals surface area contributed by atoms with Crippen molar-refractivity contribution in [1.82, 2.24) is 14.8 Å². The maximum absolute atomic E-state index is 13.3. The Labute approximate surface area is 212 Å². The van der Waals surface area contributed by atoms with E-state index in [1.807, 2.05) is 65.4 Å². The molecule has 1 aromatic heterocycles. The Hall–Kier alpha value is -3.01. The van der Waals surface area contributed by atoms with E-state index < -0.39 is 0 Å². The minimum atomic E-state index is -0.189. The van der Waals surface area contributed by atoms with Gasteiger partial charge in [-0.05, 0) is 55.0 Å². The van der Waals surface area contributed by atoms with Crippen molar-refractivity contribution < 1.29 is 14.3 Å². The third kappa shape index (κ3) is 4.91. The topological polar surface area (TPSA) is 66.8 Å². The Kier molecular flexibility index (Phi) is 7.45. The van der Waals surface area contributed by atoms with E-state index in [9.17, 15) is 9.59 Å². The van der Waals surface area contributed by atoms with Crippen LogP contribution in [0.5, 0.6) is 0 Å². The molecule has 2 amide bonds. The van der Waals surface area contributed by atoms with Gasteiger partial charge in [0.2, 0.25) is 5.91 Å². The van der Waals surface area contributed by atoms with Crippen molar-refractivity contribution >= 4 is 67.7 Å². The number of ether oxygens (including phenoxy) is 1. The zero-order chi connectivity index (χ0) is 24.2. The highest BCUT2D eigenvalue weighted by Crippen LogP contribution is 2.31. The number of benzene rings is 2. The molecule has 2 aromatic carbocycles. The van der Waals surface area contributed by atoms with Crippen molar-refractivity contribution in [2.24, 2.45) is 0 Å². The summed E-state index contributed by atoms with van der Waals surface area (Å²) in [7, 11) is 3.43. The number of anilines is 1. The summed E-state index contributed by atoms with van der Waals surface area (Å²) >= 11 is 9.10. The summed E-state index contributed by atoms with van der Waals surface area (Å²) < 4.78 is 7.83. The lowest BCUT2D eigenvalue weighted by atomic mass is 10.1. The molecule has 0 atom stereocenters. The van der Waals surface area contributed by atoms with Crippen molar-refractivity contribution in [3.05, 3.63) is 70.5 Å². The van der Waals surface area contributed by atoms with E-state index in [4.69, 9.17) is 17.0 Å². The number of fused-ring (bicyclic) bond motifs is 1. The second-order valence-electron chi connectivity index (χ2n) is 7.92. The van der Waals surface area contributed by atoms with Crippen molar-refractivity contribution in [3.8, 4) is 0 Å². The number of carbonyl (C=O) groups excluding carboxylic acids is 2. The molecule has 0 aliphatic carbocycles. The van der Waals surface area contributed by atoms with Crippen LogP contribution >= 0.6 is 28.1 Å². The van der Waals surface area contributed by atoms with Crippen LogP contribution < -0.4 is 10.2 Å². The maximum Gasteiger partial charge on any atom is 0.281 e. The zero-order valence-electron chi connectivity index (χ0n) is 19.0. The number of halogens is 1. The third-order valence-corrected chi connectivity index (χ3v) is 6.55. The number of thiocarbonyl (C=S) groups is 1. The van der Waals surface area contributed by atoms with Crippen LogP contribution in [0.3, 0.4) is 0 Å².